The molecule has 0 fully saturated rings. The Kier molecular flexibility index (Phi) is 3.73. The van der Waals surface area contributed by atoms with Crippen molar-refractivity contribution < 1.29 is 9.90 Å². The Balaban J connectivity index is 2.44. The second kappa shape index (κ2) is 5.28. The highest BCUT2D eigenvalue weighted by Crippen LogP contribution is 2.32. The predicted molar refractivity (Wildman–Crippen MR) is 71.3 cm³/mol. The van der Waals surface area contributed by atoms with Crippen LogP contribution in [0, 0.1) is 6.92 Å². The number of carboxylic acid groups (broad SMARTS) is 1. The van der Waals surface area contributed by atoms with Gasteiger partial charge in [0.15, 0.2) is 0 Å². The molecule has 0 aliphatic rings. The van der Waals surface area contributed by atoms with Gasteiger partial charge in [-0.25, -0.2) is 14.8 Å². The number of thiophene rings is 1. The monoisotopic (exact) mass is 266 g/mol. The van der Waals surface area contributed by atoms with Crippen LogP contribution in [0.3, 0.4) is 0 Å². The number of aromatic nitrogens is 2. The summed E-state index contributed by atoms with van der Waals surface area (Å²) in [6.07, 6.45) is 2.27. The number of anilines is 1. The van der Waals surface area contributed by atoms with Gasteiger partial charge in [0.25, 0.3) is 0 Å². The first-order chi connectivity index (χ1) is 8.65. The van der Waals surface area contributed by atoms with Crippen LogP contribution >= 0.6 is 11.3 Å². The Bertz CT molecular complexity index is 582. The molecule has 0 spiro atoms. The molecular formula is C11H14N4O2S. The summed E-state index contributed by atoms with van der Waals surface area (Å²) in [7, 11) is 0. The average Bonchev–Trinajstić information content (AvgIpc) is 2.68. The molecule has 18 heavy (non-hydrogen) atoms. The molecule has 0 bridgehead atoms. The van der Waals surface area contributed by atoms with Crippen LogP contribution in [0.5, 0.6) is 0 Å². The predicted octanol–water partition coefficient (Wildman–Crippen LogP) is 1.46. The molecule has 2 heterocycles. The van der Waals surface area contributed by atoms with Gasteiger partial charge in [0, 0.05) is 6.54 Å². The van der Waals surface area contributed by atoms with E-state index in [2.05, 4.69) is 15.3 Å². The maximum absolute atomic E-state index is 11.1. The third-order valence-electron chi connectivity index (χ3n) is 2.59. The molecule has 6 nitrogen and oxygen atoms in total. The molecule has 0 saturated carbocycles. The zero-order valence-corrected chi connectivity index (χ0v) is 10.8. The van der Waals surface area contributed by atoms with Crippen molar-refractivity contribution in [3.8, 4) is 0 Å². The van der Waals surface area contributed by atoms with Crippen LogP contribution in [0.1, 0.15) is 21.7 Å². The van der Waals surface area contributed by atoms with E-state index in [-0.39, 0.29) is 0 Å². The van der Waals surface area contributed by atoms with Crippen molar-refractivity contribution >= 4 is 33.3 Å². The van der Waals surface area contributed by atoms with Crippen molar-refractivity contribution in [2.75, 3.05) is 18.4 Å². The Labute approximate surface area is 108 Å². The first kappa shape index (κ1) is 12.7. The quantitative estimate of drug-likeness (QED) is 0.708. The Morgan fingerprint density at radius 3 is 3.00 bits per heavy atom. The van der Waals surface area contributed by atoms with Crippen molar-refractivity contribution in [2.24, 2.45) is 5.73 Å². The van der Waals surface area contributed by atoms with E-state index in [1.165, 1.54) is 17.7 Å². The molecule has 96 valence electrons. The summed E-state index contributed by atoms with van der Waals surface area (Å²) in [5.41, 5.74) is 6.14. The van der Waals surface area contributed by atoms with Crippen LogP contribution in [-0.2, 0) is 0 Å². The summed E-state index contributed by atoms with van der Waals surface area (Å²) in [5, 5.41) is 13.1. The fraction of sp³-hybridized carbons (Fsp3) is 0.364. The van der Waals surface area contributed by atoms with Crippen LogP contribution in [0.25, 0.3) is 10.2 Å². The van der Waals surface area contributed by atoms with Crippen molar-refractivity contribution in [1.29, 1.82) is 0 Å². The van der Waals surface area contributed by atoms with E-state index in [9.17, 15) is 4.79 Å². The second-order valence-electron chi connectivity index (χ2n) is 3.83. The van der Waals surface area contributed by atoms with Crippen LogP contribution in [0.15, 0.2) is 6.33 Å². The molecule has 0 aromatic carbocycles. The van der Waals surface area contributed by atoms with Crippen LogP contribution in [-0.4, -0.2) is 34.1 Å². The minimum Gasteiger partial charge on any atom is -0.477 e. The Hall–Kier alpha value is -1.73. The highest BCUT2D eigenvalue weighted by molar-refractivity contribution is 7.20. The number of hydrogen-bond acceptors (Lipinski definition) is 6. The van der Waals surface area contributed by atoms with E-state index >= 15 is 0 Å². The van der Waals surface area contributed by atoms with Crippen LogP contribution < -0.4 is 11.1 Å². The average molecular weight is 266 g/mol. The summed E-state index contributed by atoms with van der Waals surface area (Å²) < 4.78 is 0. The first-order valence-electron chi connectivity index (χ1n) is 5.56. The maximum atomic E-state index is 11.1. The molecule has 0 aliphatic carbocycles. The molecule has 0 atom stereocenters. The van der Waals surface area contributed by atoms with Crippen molar-refractivity contribution in [3.63, 3.8) is 0 Å². The maximum Gasteiger partial charge on any atom is 0.346 e. The molecule has 0 aliphatic heterocycles. The van der Waals surface area contributed by atoms with Gasteiger partial charge in [0.1, 0.15) is 21.9 Å². The lowest BCUT2D eigenvalue weighted by molar-refractivity contribution is 0.0701. The third-order valence-corrected chi connectivity index (χ3v) is 3.78. The molecule has 0 saturated heterocycles. The van der Waals surface area contributed by atoms with Crippen molar-refractivity contribution in [1.82, 2.24) is 9.97 Å². The largest absolute Gasteiger partial charge is 0.477 e. The van der Waals surface area contributed by atoms with Crippen LogP contribution in [0.2, 0.25) is 0 Å². The number of nitrogens with one attached hydrogen (secondary N) is 1. The zero-order valence-electron chi connectivity index (χ0n) is 9.93. The van der Waals surface area contributed by atoms with Crippen LogP contribution in [0.4, 0.5) is 5.82 Å². The second-order valence-corrected chi connectivity index (χ2v) is 4.83. The SMILES string of the molecule is Cc1c(C(=O)O)sc2ncnc(NCCCN)c12. The number of nitrogens with zero attached hydrogens (tertiary/aromatic N) is 2. The highest BCUT2D eigenvalue weighted by Gasteiger charge is 2.18. The summed E-state index contributed by atoms with van der Waals surface area (Å²) in [5.74, 6) is -0.252. The van der Waals surface area contributed by atoms with Gasteiger partial charge in [-0.05, 0) is 25.5 Å². The zero-order chi connectivity index (χ0) is 13.1. The number of hydrogen-bond donors (Lipinski definition) is 3. The van der Waals surface area contributed by atoms with E-state index in [1.807, 2.05) is 0 Å². The van der Waals surface area contributed by atoms with Crippen molar-refractivity contribution in [3.05, 3.63) is 16.8 Å². The van der Waals surface area contributed by atoms with Gasteiger partial charge in [-0.1, -0.05) is 0 Å². The Morgan fingerprint density at radius 1 is 1.56 bits per heavy atom. The number of fused-ring (bicyclic) bond motifs is 1. The smallest absolute Gasteiger partial charge is 0.346 e. The summed E-state index contributed by atoms with van der Waals surface area (Å²) >= 11 is 1.17. The first-order valence-corrected chi connectivity index (χ1v) is 6.38. The normalized spacial score (nSPS) is 10.8. The number of nitrogens with two attached hydrogens (primary N) is 1. The van der Waals surface area contributed by atoms with Gasteiger partial charge in [0.2, 0.25) is 0 Å². The topological polar surface area (TPSA) is 101 Å². The molecule has 2 rings (SSSR count). The van der Waals surface area contributed by atoms with E-state index in [1.54, 1.807) is 6.92 Å². The minimum atomic E-state index is -0.927. The molecular weight excluding hydrogens is 252 g/mol. The number of rotatable bonds is 5. The van der Waals surface area contributed by atoms with Gasteiger partial charge in [-0.3, -0.25) is 0 Å². The van der Waals surface area contributed by atoms with E-state index in [0.29, 0.717) is 34.2 Å². The summed E-state index contributed by atoms with van der Waals surface area (Å²) in [6.45, 7) is 3.09. The highest BCUT2D eigenvalue weighted by atomic mass is 32.1. The minimum absolute atomic E-state index is 0.312. The lowest BCUT2D eigenvalue weighted by atomic mass is 10.2. The lowest BCUT2D eigenvalue weighted by Gasteiger charge is -2.05. The third kappa shape index (κ3) is 2.27. The number of aryl methyl sites for hydroxylation is 1. The standard InChI is InChI=1S/C11H14N4O2S/c1-6-7-9(13-4-2-3-12)14-5-15-10(7)18-8(6)11(16)17/h5H,2-4,12H2,1H3,(H,16,17)(H,13,14,15). The van der Waals surface area contributed by atoms with Gasteiger partial charge in [-0.2, -0.15) is 0 Å². The summed E-state index contributed by atoms with van der Waals surface area (Å²) in [6, 6.07) is 0. The van der Waals surface area contributed by atoms with Gasteiger partial charge >= 0.3 is 5.97 Å². The number of carbonyl (C=O) groups is 1. The fourth-order valence-electron chi connectivity index (χ4n) is 1.72. The molecule has 0 unspecified atom stereocenters. The Morgan fingerprint density at radius 2 is 2.33 bits per heavy atom. The van der Waals surface area contributed by atoms with Gasteiger partial charge in [0.05, 0.1) is 5.39 Å². The molecule has 0 radical (unpaired) electrons. The van der Waals surface area contributed by atoms with Gasteiger partial charge in [-0.15, -0.1) is 11.3 Å². The van der Waals surface area contributed by atoms with E-state index in [4.69, 9.17) is 10.8 Å². The molecule has 4 N–H and O–H groups in total. The number of aromatic carboxylic acids is 1. The van der Waals surface area contributed by atoms with E-state index < -0.39 is 5.97 Å². The lowest BCUT2D eigenvalue weighted by Crippen LogP contribution is -2.09. The number of carboxylic acids is 1. The fourth-order valence-corrected chi connectivity index (χ4v) is 2.71. The summed E-state index contributed by atoms with van der Waals surface area (Å²) in [4.78, 5) is 20.4. The molecule has 2 aromatic rings. The van der Waals surface area contributed by atoms with Crippen molar-refractivity contribution in [2.45, 2.75) is 13.3 Å². The van der Waals surface area contributed by atoms with Gasteiger partial charge < -0.3 is 16.2 Å². The molecule has 0 amide bonds. The van der Waals surface area contributed by atoms with E-state index in [0.717, 1.165) is 11.8 Å². The molecule has 7 heteroatoms. The molecule has 2 aromatic heterocycles.